The second-order valence-electron chi connectivity index (χ2n) is 6.72. The maximum Gasteiger partial charge on any atom is 0.243 e. The van der Waals surface area contributed by atoms with Gasteiger partial charge in [0.25, 0.3) is 0 Å². The number of anilines is 1. The molecule has 0 fully saturated rings. The van der Waals surface area contributed by atoms with E-state index in [2.05, 4.69) is 4.72 Å². The first-order valence-corrected chi connectivity index (χ1v) is 11.9. The summed E-state index contributed by atoms with van der Waals surface area (Å²) in [6.45, 7) is 3.76. The standard InChI is InChI=1S/C18H21ClN2O4S2/c1-13(2)26(22,23)20-17-6-3-14-9-10-21(12-15(14)11-17)27(24,25)18-7-4-16(19)5-8-18/h3-8,11,13,20H,9-10,12H2,1-2H3. The van der Waals surface area contributed by atoms with Gasteiger partial charge < -0.3 is 0 Å². The van der Waals surface area contributed by atoms with Crippen LogP contribution in [-0.4, -0.2) is 32.9 Å². The van der Waals surface area contributed by atoms with Gasteiger partial charge in [-0.25, -0.2) is 16.8 Å². The van der Waals surface area contributed by atoms with Crippen molar-refractivity contribution in [3.8, 4) is 0 Å². The first kappa shape index (κ1) is 20.1. The number of sulfonamides is 2. The molecule has 6 nitrogen and oxygen atoms in total. The summed E-state index contributed by atoms with van der Waals surface area (Å²) in [5, 5.41) is -0.0877. The molecular formula is C18H21ClN2O4S2. The Morgan fingerprint density at radius 1 is 1.00 bits per heavy atom. The molecule has 9 heteroatoms. The summed E-state index contributed by atoms with van der Waals surface area (Å²) in [5.41, 5.74) is 2.25. The molecule has 0 amide bonds. The number of rotatable bonds is 5. The molecule has 1 aliphatic rings. The SMILES string of the molecule is CC(C)S(=O)(=O)Nc1ccc2c(c1)CN(S(=O)(=O)c1ccc(Cl)cc1)CC2. The maximum atomic E-state index is 12.9. The lowest BCUT2D eigenvalue weighted by Gasteiger charge is -2.28. The highest BCUT2D eigenvalue weighted by Crippen LogP contribution is 2.28. The Morgan fingerprint density at radius 3 is 2.30 bits per heavy atom. The van der Waals surface area contributed by atoms with Crippen molar-refractivity contribution in [3.63, 3.8) is 0 Å². The summed E-state index contributed by atoms with van der Waals surface area (Å²) in [6.07, 6.45) is 0.569. The Balaban J connectivity index is 1.87. The van der Waals surface area contributed by atoms with Crippen LogP contribution in [0.5, 0.6) is 0 Å². The molecule has 0 radical (unpaired) electrons. The fourth-order valence-corrected chi connectivity index (χ4v) is 5.07. The number of fused-ring (bicyclic) bond motifs is 1. The van der Waals surface area contributed by atoms with E-state index in [0.717, 1.165) is 11.1 Å². The quantitative estimate of drug-likeness (QED) is 0.792. The van der Waals surface area contributed by atoms with Gasteiger partial charge in [0, 0.05) is 23.8 Å². The van der Waals surface area contributed by atoms with Gasteiger partial charge in [-0.1, -0.05) is 17.7 Å². The molecule has 2 aromatic carbocycles. The minimum Gasteiger partial charge on any atom is -0.283 e. The Morgan fingerprint density at radius 2 is 1.67 bits per heavy atom. The molecule has 0 unspecified atom stereocenters. The lowest BCUT2D eigenvalue weighted by Crippen LogP contribution is -2.36. The zero-order valence-electron chi connectivity index (χ0n) is 15.0. The van der Waals surface area contributed by atoms with Gasteiger partial charge >= 0.3 is 0 Å². The lowest BCUT2D eigenvalue weighted by atomic mass is 10.0. The van der Waals surface area contributed by atoms with Crippen molar-refractivity contribution < 1.29 is 16.8 Å². The highest BCUT2D eigenvalue weighted by molar-refractivity contribution is 7.93. The molecule has 0 aromatic heterocycles. The molecule has 0 bridgehead atoms. The molecule has 0 atom stereocenters. The average Bonchev–Trinajstić information content (AvgIpc) is 2.61. The van der Waals surface area contributed by atoms with Crippen molar-refractivity contribution in [2.45, 2.75) is 37.0 Å². The van der Waals surface area contributed by atoms with E-state index in [0.29, 0.717) is 23.7 Å². The van der Waals surface area contributed by atoms with E-state index in [1.54, 1.807) is 38.1 Å². The molecule has 0 spiro atoms. The second kappa shape index (κ2) is 7.43. The normalized spacial score (nSPS) is 15.6. The third-order valence-electron chi connectivity index (χ3n) is 4.52. The van der Waals surface area contributed by atoms with Gasteiger partial charge in [-0.15, -0.1) is 0 Å². The average molecular weight is 429 g/mol. The Kier molecular flexibility index (Phi) is 5.54. The summed E-state index contributed by atoms with van der Waals surface area (Å²) in [5.74, 6) is 0. The van der Waals surface area contributed by atoms with Crippen molar-refractivity contribution in [1.82, 2.24) is 4.31 Å². The molecule has 0 aliphatic carbocycles. The smallest absolute Gasteiger partial charge is 0.243 e. The monoisotopic (exact) mass is 428 g/mol. The molecule has 1 aliphatic heterocycles. The van der Waals surface area contributed by atoms with Gasteiger partial charge in [-0.05, 0) is 67.8 Å². The highest BCUT2D eigenvalue weighted by atomic mass is 35.5. The topological polar surface area (TPSA) is 83.6 Å². The van der Waals surface area contributed by atoms with Crippen LogP contribution in [0.15, 0.2) is 47.4 Å². The van der Waals surface area contributed by atoms with Crippen molar-refractivity contribution in [2.24, 2.45) is 0 Å². The lowest BCUT2D eigenvalue weighted by molar-refractivity contribution is 0.391. The van der Waals surface area contributed by atoms with Crippen LogP contribution in [-0.2, 0) is 33.0 Å². The third kappa shape index (κ3) is 4.29. The fraction of sp³-hybridized carbons (Fsp3) is 0.333. The highest BCUT2D eigenvalue weighted by Gasteiger charge is 2.28. The first-order chi connectivity index (χ1) is 12.6. The number of benzene rings is 2. The van der Waals surface area contributed by atoms with Gasteiger partial charge in [0.1, 0.15) is 0 Å². The molecule has 2 aromatic rings. The molecule has 0 saturated heterocycles. The number of halogens is 1. The van der Waals surface area contributed by atoms with Gasteiger partial charge in [-0.3, -0.25) is 4.72 Å². The largest absolute Gasteiger partial charge is 0.283 e. The van der Waals surface area contributed by atoms with Crippen molar-refractivity contribution in [1.29, 1.82) is 0 Å². The van der Waals surface area contributed by atoms with E-state index in [9.17, 15) is 16.8 Å². The van der Waals surface area contributed by atoms with Crippen LogP contribution in [0.1, 0.15) is 25.0 Å². The summed E-state index contributed by atoms with van der Waals surface area (Å²) < 4.78 is 53.9. The van der Waals surface area contributed by atoms with Crippen molar-refractivity contribution >= 4 is 37.3 Å². The van der Waals surface area contributed by atoms with Crippen LogP contribution in [0.4, 0.5) is 5.69 Å². The molecule has 1 N–H and O–H groups in total. The molecule has 0 saturated carbocycles. The summed E-state index contributed by atoms with van der Waals surface area (Å²) >= 11 is 5.84. The number of nitrogens with zero attached hydrogens (tertiary/aromatic N) is 1. The predicted octanol–water partition coefficient (Wildman–Crippen LogP) is 3.24. The van der Waals surface area contributed by atoms with Crippen LogP contribution >= 0.6 is 11.6 Å². The fourth-order valence-electron chi connectivity index (χ4n) is 2.84. The van der Waals surface area contributed by atoms with Crippen molar-refractivity contribution in [3.05, 3.63) is 58.6 Å². The Hall–Kier alpha value is -1.61. The van der Waals surface area contributed by atoms with E-state index in [1.807, 2.05) is 6.07 Å². The van der Waals surface area contributed by atoms with Crippen LogP contribution in [0.25, 0.3) is 0 Å². The van der Waals surface area contributed by atoms with E-state index < -0.39 is 25.3 Å². The molecule has 146 valence electrons. The number of hydrogen-bond donors (Lipinski definition) is 1. The number of hydrogen-bond acceptors (Lipinski definition) is 4. The summed E-state index contributed by atoms with van der Waals surface area (Å²) in [7, 11) is -7.11. The molecule has 1 heterocycles. The molecule has 27 heavy (non-hydrogen) atoms. The second-order valence-corrected chi connectivity index (χ2v) is 11.3. The zero-order chi connectivity index (χ0) is 19.8. The van der Waals surface area contributed by atoms with Gasteiger partial charge in [-0.2, -0.15) is 4.31 Å². The number of nitrogens with one attached hydrogen (secondary N) is 1. The summed E-state index contributed by atoms with van der Waals surface area (Å²) in [6, 6.07) is 11.3. The summed E-state index contributed by atoms with van der Waals surface area (Å²) in [4.78, 5) is 0.187. The van der Waals surface area contributed by atoms with E-state index in [1.165, 1.54) is 16.4 Å². The van der Waals surface area contributed by atoms with Crippen LogP contribution < -0.4 is 4.72 Å². The third-order valence-corrected chi connectivity index (χ3v) is 8.39. The molecule has 3 rings (SSSR count). The van der Waals surface area contributed by atoms with Crippen LogP contribution in [0.2, 0.25) is 5.02 Å². The first-order valence-electron chi connectivity index (χ1n) is 8.49. The van der Waals surface area contributed by atoms with Gasteiger partial charge in [0.15, 0.2) is 0 Å². The van der Waals surface area contributed by atoms with Crippen molar-refractivity contribution in [2.75, 3.05) is 11.3 Å². The Labute approximate surface area is 165 Å². The zero-order valence-corrected chi connectivity index (χ0v) is 17.4. The minimum atomic E-state index is -3.65. The van der Waals surface area contributed by atoms with Crippen LogP contribution in [0, 0.1) is 0 Å². The van der Waals surface area contributed by atoms with Gasteiger partial charge in [0.2, 0.25) is 20.0 Å². The van der Waals surface area contributed by atoms with Gasteiger partial charge in [0.05, 0.1) is 10.1 Å². The van der Waals surface area contributed by atoms with E-state index in [-0.39, 0.29) is 11.4 Å². The molecular weight excluding hydrogens is 408 g/mol. The maximum absolute atomic E-state index is 12.9. The van der Waals surface area contributed by atoms with E-state index in [4.69, 9.17) is 11.6 Å². The van der Waals surface area contributed by atoms with Crippen LogP contribution in [0.3, 0.4) is 0 Å². The Bertz CT molecular complexity index is 1050. The van der Waals surface area contributed by atoms with E-state index >= 15 is 0 Å². The predicted molar refractivity (Wildman–Crippen MR) is 107 cm³/mol. The minimum absolute atomic E-state index is 0.187.